The number of phosphoric acid groups is 1. The van der Waals surface area contributed by atoms with Crippen LogP contribution in [0.3, 0.4) is 0 Å². The molecule has 0 spiro atoms. The van der Waals surface area contributed by atoms with Gasteiger partial charge in [0.25, 0.3) is 0 Å². The molecule has 0 aliphatic carbocycles. The van der Waals surface area contributed by atoms with Gasteiger partial charge >= 0.3 is 19.9 Å². The summed E-state index contributed by atoms with van der Waals surface area (Å²) >= 11 is 0. The van der Waals surface area contributed by atoms with E-state index in [4.69, 9.17) is 34.7 Å². The van der Waals surface area contributed by atoms with Gasteiger partial charge in [0.1, 0.15) is 43.9 Å². The lowest BCUT2D eigenvalue weighted by atomic mass is 9.89. The Morgan fingerprint density at radius 3 is 1.99 bits per heavy atom. The Bertz CT molecular complexity index is 3440. The number of aryl methyl sites for hydroxylation is 1. The zero-order chi connectivity index (χ0) is 80.9. The number of phosphoric ester groups is 1. The molecule has 1 aromatic heterocycles. The minimum atomic E-state index is -4.32. The molecule has 0 saturated carbocycles. The Morgan fingerprint density at radius 1 is 0.750 bits per heavy atom. The van der Waals surface area contributed by atoms with Crippen LogP contribution in [0.2, 0.25) is 0 Å². The van der Waals surface area contributed by atoms with Gasteiger partial charge in [-0.1, -0.05) is 116 Å². The molecule has 2 heterocycles. The second kappa shape index (κ2) is 44.4. The second-order valence-electron chi connectivity index (χ2n) is 29.8. The van der Waals surface area contributed by atoms with E-state index < -0.39 is 146 Å². The number of nitrogens with zero attached hydrogens (tertiary/aromatic N) is 7. The molecule has 0 radical (unpaired) electrons. The number of carbonyl (C=O) groups is 10. The van der Waals surface area contributed by atoms with Crippen molar-refractivity contribution in [2.45, 2.75) is 200 Å². The summed E-state index contributed by atoms with van der Waals surface area (Å²) in [5, 5.41) is 38.2. The summed E-state index contributed by atoms with van der Waals surface area (Å²) in [6.45, 7) is 18.3. The number of likely N-dealkylation sites (tertiary alicyclic amines) is 1. The number of aromatic nitrogens is 3. The number of benzene rings is 2. The van der Waals surface area contributed by atoms with Crippen LogP contribution in [0.4, 0.5) is 15.3 Å². The number of carbonyl (C=O) groups excluding carboxylic acids is 10. The number of anilines is 1. The topological polar surface area (TPSA) is 451 Å². The quantitative estimate of drug-likeness (QED) is 0.0220. The van der Waals surface area contributed by atoms with Crippen LogP contribution in [-0.4, -0.2) is 253 Å². The van der Waals surface area contributed by atoms with Crippen LogP contribution in [0.5, 0.6) is 0 Å². The van der Waals surface area contributed by atoms with Crippen molar-refractivity contribution >= 4 is 72.9 Å². The second-order valence-corrected chi connectivity index (χ2v) is 31.2. The smallest absolute Gasteiger partial charge is 0.445 e. The summed E-state index contributed by atoms with van der Waals surface area (Å²) in [5.74, 6) is -6.33. The first-order valence-corrected chi connectivity index (χ1v) is 38.5. The van der Waals surface area contributed by atoms with Gasteiger partial charge in [-0.15, -0.1) is 5.10 Å². The van der Waals surface area contributed by atoms with E-state index in [9.17, 15) is 62.5 Å². The van der Waals surface area contributed by atoms with Gasteiger partial charge in [-0.25, -0.2) is 14.2 Å². The zero-order valence-electron chi connectivity index (χ0n) is 66.0. The van der Waals surface area contributed by atoms with E-state index in [1.807, 2.05) is 53.2 Å². The van der Waals surface area contributed by atoms with Crippen LogP contribution in [0, 0.1) is 29.6 Å². The van der Waals surface area contributed by atoms with Crippen molar-refractivity contribution in [3.63, 3.8) is 0 Å². The number of ether oxygens (including phenoxy) is 3. The molecule has 1 saturated heterocycles. The normalized spacial score (nSPS) is 17.1. The highest BCUT2D eigenvalue weighted by molar-refractivity contribution is 7.47. The number of amides is 11. The number of nitrogens with one attached hydrogen (secondary N) is 7. The lowest BCUT2D eigenvalue weighted by Crippen LogP contribution is -2.60. The molecule has 1 unspecified atom stereocenters. The third-order valence-corrected chi connectivity index (χ3v) is 20.2. The lowest BCUT2D eigenvalue weighted by molar-refractivity contribution is -0.870. The molecule has 13 N–H and O–H groups in total. The number of likely N-dealkylation sites (N-methyl/N-ethyl adjacent to an activating group) is 3. The van der Waals surface area contributed by atoms with E-state index in [1.165, 1.54) is 37.0 Å². The van der Waals surface area contributed by atoms with E-state index in [-0.39, 0.29) is 95.0 Å². The van der Waals surface area contributed by atoms with Crippen molar-refractivity contribution in [3.8, 4) is 0 Å². The molecular weight excluding hydrogens is 1420 g/mol. The van der Waals surface area contributed by atoms with Crippen molar-refractivity contribution in [1.29, 1.82) is 0 Å². The van der Waals surface area contributed by atoms with Crippen molar-refractivity contribution in [3.05, 3.63) is 77.6 Å². The molecule has 1 aliphatic rings. The van der Waals surface area contributed by atoms with Crippen LogP contribution in [0.15, 0.2) is 60.8 Å². The Morgan fingerprint density at radius 2 is 1.40 bits per heavy atom. The maximum absolute atomic E-state index is 14.9. The molecule has 3 aromatic rings. The number of hydrogen-bond acceptors (Lipinski definition) is 20. The summed E-state index contributed by atoms with van der Waals surface area (Å²) in [6, 6.07) is 7.36. The predicted octanol–water partition coefficient (Wildman–Crippen LogP) is 3.10. The summed E-state index contributed by atoms with van der Waals surface area (Å²) in [6.07, 6.45) is 0.0446. The number of methoxy groups -OCH3 is 2. The predicted molar refractivity (Wildman–Crippen MR) is 403 cm³/mol. The molecule has 2 aromatic carbocycles. The van der Waals surface area contributed by atoms with E-state index in [1.54, 1.807) is 104 Å². The van der Waals surface area contributed by atoms with Crippen LogP contribution >= 0.6 is 7.82 Å². The fourth-order valence-electron chi connectivity index (χ4n) is 12.7. The molecule has 0 bridgehead atoms. The van der Waals surface area contributed by atoms with Gasteiger partial charge in [-0.05, 0) is 86.0 Å². The maximum Gasteiger partial charge on any atom is 0.472 e. The fourth-order valence-corrected chi connectivity index (χ4v) is 13.4. The first-order valence-electron chi connectivity index (χ1n) is 37.0. The minimum absolute atomic E-state index is 0.00766. The average Bonchev–Trinajstić information content (AvgIpc) is 1.53. The summed E-state index contributed by atoms with van der Waals surface area (Å²) in [7, 11) is 7.42. The Labute approximate surface area is 635 Å². The monoisotopic (exact) mass is 1540 g/mol. The van der Waals surface area contributed by atoms with Gasteiger partial charge in [-0.3, -0.25) is 57.0 Å². The van der Waals surface area contributed by atoms with Crippen LogP contribution in [0.25, 0.3) is 0 Å². The highest BCUT2D eigenvalue weighted by atomic mass is 31.2. The van der Waals surface area contributed by atoms with E-state index in [0.29, 0.717) is 53.6 Å². The first kappa shape index (κ1) is 92.2. The van der Waals surface area contributed by atoms with Crippen molar-refractivity contribution in [2.75, 3.05) is 94.2 Å². The number of primary amides is 1. The van der Waals surface area contributed by atoms with E-state index in [2.05, 4.69) is 47.5 Å². The van der Waals surface area contributed by atoms with Gasteiger partial charge in [0.05, 0.1) is 94.7 Å². The number of urea groups is 1. The van der Waals surface area contributed by atoms with Gasteiger partial charge in [-0.2, -0.15) is 0 Å². The number of aliphatic hydroxyl groups excluding tert-OH is 1. The van der Waals surface area contributed by atoms with Gasteiger partial charge in [0.2, 0.25) is 47.3 Å². The SMILES string of the molecule is CC[C@H](C)[C@@H]([C@@H](CC(=O)N1CCC[C@H]1[C@H](OC)[C@@H](C)C(=O)N[C@H](C)[C@@H](O)c1ccccc1)OC)N(C)C(=O)[C@@H](NC(=O)[C@H](C(C)C)N(C)C(=O)OCc1ccc(NC(=O)[C@H](CCCNC(N)=O)NC(=O)[C@@H](NC(=O)Cc2cn(CC[C@H](N)C(=O)NCCOP(=O)(O)OCC[N+](C)(C)C)nn2)C(C)C)cc1)C(C)C. The average molecular weight is 1540 g/mol. The number of aliphatic hydroxyl groups is 1. The Balaban J connectivity index is 1.35. The summed E-state index contributed by atoms with van der Waals surface area (Å²) in [5.41, 5.74) is 13.0. The highest BCUT2D eigenvalue weighted by Gasteiger charge is 2.44. The third kappa shape index (κ3) is 29.6. The van der Waals surface area contributed by atoms with Crippen LogP contribution < -0.4 is 48.7 Å². The minimum Gasteiger partial charge on any atom is -0.445 e. The number of quaternary nitrogens is 1. The Hall–Kier alpha value is -8.21. The largest absolute Gasteiger partial charge is 0.472 e. The van der Waals surface area contributed by atoms with Crippen molar-refractivity contribution < 1.29 is 90.3 Å². The van der Waals surface area contributed by atoms with Gasteiger partial charge in [0, 0.05) is 66.4 Å². The van der Waals surface area contributed by atoms with E-state index >= 15 is 0 Å². The van der Waals surface area contributed by atoms with Crippen molar-refractivity contribution in [1.82, 2.24) is 61.6 Å². The standard InChI is InChI=1S/C73H121N16O18P/c1-18-47(8)63(57(103-16)41-59(91)88-35-23-27-56(88)65(104-17)48(9)66(93)78-49(10)64(92)51-24-20-19-21-25-51)85(11)71(98)61(45(4)5)82-70(97)62(46(6)7)86(12)73(100)105-43-50-28-30-52(31-29-50)79-68(95)55(26-22-33-77-72(75)99)80-69(96)60(44(2)3)81-58(90)40-53-42-87(84-83-53)36-32-54(74)67(94)76-34-38-106-108(101,102)107-39-37-89(13,14)15/h19-21,24-25,28-31,42,44-49,54-57,60-65,92H,18,22-23,26-27,32-41,43,74H2,1-17H3,(H9-,75,76,77,78,79,80,81,82,90,93,94,95,96,97,99,101,102)/p+1/t47-,48+,49+,54-,55-,56-,57+,60-,61-,62-,63-,64+,65+/m0/s1. The number of hydrogen-bond donors (Lipinski definition) is 11. The molecule has 1 aliphatic heterocycles. The summed E-state index contributed by atoms with van der Waals surface area (Å²) in [4.78, 5) is 151. The Kier molecular flexibility index (Phi) is 37.9. The molecule has 11 amide bonds. The lowest BCUT2D eigenvalue weighted by Gasteiger charge is -2.41. The van der Waals surface area contributed by atoms with Crippen LogP contribution in [0.1, 0.15) is 137 Å². The first-order chi connectivity index (χ1) is 50.7. The molecule has 35 heteroatoms. The molecule has 14 atom stereocenters. The molecule has 34 nitrogen and oxygen atoms in total. The zero-order valence-corrected chi connectivity index (χ0v) is 66.9. The third-order valence-electron chi connectivity index (χ3n) is 19.1. The van der Waals surface area contributed by atoms with Crippen molar-refractivity contribution in [2.24, 2.45) is 41.1 Å². The molecule has 4 rings (SSSR count). The fraction of sp³-hybridized carbons (Fsp3) is 0.671. The van der Waals surface area contributed by atoms with Crippen LogP contribution in [-0.2, 0) is 85.8 Å². The summed E-state index contributed by atoms with van der Waals surface area (Å²) < 4.78 is 41.7. The highest BCUT2D eigenvalue weighted by Crippen LogP contribution is 2.43. The van der Waals surface area contributed by atoms with E-state index in [0.717, 1.165) is 4.90 Å². The maximum atomic E-state index is 14.9. The van der Waals surface area contributed by atoms with Gasteiger partial charge < -0.3 is 87.2 Å². The molecule has 606 valence electrons. The number of rotatable bonds is 46. The molecule has 108 heavy (non-hydrogen) atoms. The molecular formula is C73H122N16O18P+. The van der Waals surface area contributed by atoms with Gasteiger partial charge in [0.15, 0.2) is 0 Å². The number of nitrogens with two attached hydrogens (primary N) is 2. The molecule has 1 fully saturated rings.